The molecule has 1 N–H and O–H groups in total. The number of nitrogens with zero attached hydrogens (tertiary/aromatic N) is 2. The van der Waals surface area contributed by atoms with Gasteiger partial charge in [-0.1, -0.05) is 25.7 Å². The van der Waals surface area contributed by atoms with E-state index < -0.39 is 0 Å². The normalized spacial score (nSPS) is 24.7. The third-order valence-electron chi connectivity index (χ3n) is 6.89. The molecule has 4 nitrogen and oxygen atoms in total. The van der Waals surface area contributed by atoms with Gasteiger partial charge in [0.15, 0.2) is 0 Å². The quantitative estimate of drug-likeness (QED) is 0.715. The number of likely N-dealkylation sites (tertiary alicyclic amines) is 1. The van der Waals surface area contributed by atoms with E-state index in [1.807, 2.05) is 0 Å². The van der Waals surface area contributed by atoms with Gasteiger partial charge in [0.05, 0.1) is 6.61 Å². The van der Waals surface area contributed by atoms with Crippen LogP contribution in [0.4, 0.5) is 0 Å². The van der Waals surface area contributed by atoms with Crippen molar-refractivity contribution in [2.75, 3.05) is 33.4 Å². The van der Waals surface area contributed by atoms with Crippen LogP contribution in [-0.4, -0.2) is 42.8 Å². The van der Waals surface area contributed by atoms with Crippen LogP contribution in [-0.2, 0) is 11.8 Å². The standard InChI is InChI=1S/C26H35N3O/c1-20(21-9-14-29(15-10-21)16-17-30-4)27-24-8-12-26(2)11-7-22(18-23(26)19-24)25-6-5-13-28(25)3/h5-8,12-13,18-19,21,27H,1,9-11,14-17H2,2-4H3. The average Bonchev–Trinajstić information content (AvgIpc) is 3.18. The molecule has 4 rings (SSSR count). The van der Waals surface area contributed by atoms with Crippen molar-refractivity contribution < 1.29 is 4.74 Å². The van der Waals surface area contributed by atoms with Gasteiger partial charge in [-0.2, -0.15) is 0 Å². The zero-order valence-electron chi connectivity index (χ0n) is 18.7. The third-order valence-corrected chi connectivity index (χ3v) is 6.89. The van der Waals surface area contributed by atoms with Gasteiger partial charge < -0.3 is 19.5 Å². The molecule has 1 atom stereocenters. The Morgan fingerprint density at radius 1 is 1.30 bits per heavy atom. The van der Waals surface area contributed by atoms with Crippen molar-refractivity contribution in [2.24, 2.45) is 18.4 Å². The zero-order chi connectivity index (χ0) is 21.1. The second-order valence-electron chi connectivity index (χ2n) is 9.08. The van der Waals surface area contributed by atoms with Crippen molar-refractivity contribution in [3.05, 3.63) is 77.9 Å². The van der Waals surface area contributed by atoms with Gasteiger partial charge in [-0.25, -0.2) is 0 Å². The molecule has 1 aliphatic heterocycles. The molecule has 1 saturated heterocycles. The second-order valence-corrected chi connectivity index (χ2v) is 9.08. The molecule has 2 heterocycles. The van der Waals surface area contributed by atoms with E-state index in [9.17, 15) is 0 Å². The summed E-state index contributed by atoms with van der Waals surface area (Å²) in [6.45, 7) is 10.8. The molecule has 1 fully saturated rings. The first-order chi connectivity index (χ1) is 14.5. The Morgan fingerprint density at radius 2 is 2.10 bits per heavy atom. The summed E-state index contributed by atoms with van der Waals surface area (Å²) in [4.78, 5) is 2.49. The summed E-state index contributed by atoms with van der Waals surface area (Å²) >= 11 is 0. The first-order valence-corrected chi connectivity index (χ1v) is 11.1. The SMILES string of the molecule is C=C(NC1=CC2=CC(c3cccn3C)=CCC2(C)C=C1)C1CCN(CCOC)CC1. The highest BCUT2D eigenvalue weighted by molar-refractivity contribution is 5.76. The van der Waals surface area contributed by atoms with Gasteiger partial charge in [0.1, 0.15) is 0 Å². The Morgan fingerprint density at radius 3 is 2.80 bits per heavy atom. The maximum atomic E-state index is 5.21. The van der Waals surface area contributed by atoms with Crippen LogP contribution in [0.5, 0.6) is 0 Å². The largest absolute Gasteiger partial charge is 0.383 e. The topological polar surface area (TPSA) is 29.4 Å². The van der Waals surface area contributed by atoms with Gasteiger partial charge in [0.2, 0.25) is 0 Å². The van der Waals surface area contributed by atoms with Gasteiger partial charge in [-0.15, -0.1) is 0 Å². The van der Waals surface area contributed by atoms with Crippen LogP contribution in [0.1, 0.15) is 31.9 Å². The van der Waals surface area contributed by atoms with Crippen LogP contribution in [0.15, 0.2) is 72.3 Å². The third kappa shape index (κ3) is 4.40. The highest BCUT2D eigenvalue weighted by Gasteiger charge is 2.30. The maximum absolute atomic E-state index is 5.21. The molecule has 0 aromatic carbocycles. The van der Waals surface area contributed by atoms with Crippen LogP contribution in [0, 0.1) is 11.3 Å². The van der Waals surface area contributed by atoms with Crippen molar-refractivity contribution >= 4 is 5.57 Å². The van der Waals surface area contributed by atoms with E-state index in [-0.39, 0.29) is 5.41 Å². The molecule has 160 valence electrons. The Kier molecular flexibility index (Phi) is 6.16. The average molecular weight is 406 g/mol. The van der Waals surface area contributed by atoms with Gasteiger partial charge in [-0.05, 0) is 73.9 Å². The molecular formula is C26H35N3O. The first-order valence-electron chi connectivity index (χ1n) is 11.1. The summed E-state index contributed by atoms with van der Waals surface area (Å²) in [7, 11) is 3.88. The van der Waals surface area contributed by atoms with E-state index >= 15 is 0 Å². The molecule has 0 spiro atoms. The summed E-state index contributed by atoms with van der Waals surface area (Å²) in [6, 6.07) is 4.30. The molecule has 0 radical (unpaired) electrons. The summed E-state index contributed by atoms with van der Waals surface area (Å²) in [5, 5.41) is 3.63. The minimum absolute atomic E-state index is 0.0772. The molecule has 1 aromatic heterocycles. The van der Waals surface area contributed by atoms with E-state index in [4.69, 9.17) is 4.74 Å². The van der Waals surface area contributed by atoms with Crippen LogP contribution >= 0.6 is 0 Å². The molecule has 0 bridgehead atoms. The predicted octanol–water partition coefficient (Wildman–Crippen LogP) is 4.66. The number of hydrogen-bond acceptors (Lipinski definition) is 3. The number of piperidine rings is 1. The Hall–Kier alpha value is -2.30. The van der Waals surface area contributed by atoms with E-state index in [0.29, 0.717) is 5.92 Å². The predicted molar refractivity (Wildman–Crippen MR) is 125 cm³/mol. The van der Waals surface area contributed by atoms with Crippen LogP contribution in [0.2, 0.25) is 0 Å². The smallest absolute Gasteiger partial charge is 0.0589 e. The number of ether oxygens (including phenoxy) is 1. The number of allylic oxidation sites excluding steroid dienone is 8. The van der Waals surface area contributed by atoms with Crippen molar-refractivity contribution in [3.8, 4) is 0 Å². The molecule has 1 aromatic rings. The van der Waals surface area contributed by atoms with Crippen LogP contribution < -0.4 is 5.32 Å². The lowest BCUT2D eigenvalue weighted by molar-refractivity contribution is 0.125. The molecule has 0 amide bonds. The monoisotopic (exact) mass is 405 g/mol. The lowest BCUT2D eigenvalue weighted by Gasteiger charge is -2.35. The summed E-state index contributed by atoms with van der Waals surface area (Å²) in [5.74, 6) is 0.533. The number of methoxy groups -OCH3 is 1. The van der Waals surface area contributed by atoms with Gasteiger partial charge in [0.25, 0.3) is 0 Å². The minimum Gasteiger partial charge on any atom is -0.383 e. The molecule has 0 saturated carbocycles. The maximum Gasteiger partial charge on any atom is 0.0589 e. The van der Waals surface area contributed by atoms with Gasteiger partial charge in [-0.3, -0.25) is 0 Å². The van der Waals surface area contributed by atoms with E-state index in [0.717, 1.165) is 56.9 Å². The van der Waals surface area contributed by atoms with E-state index in [2.05, 4.69) is 84.0 Å². The molecule has 2 aliphatic carbocycles. The van der Waals surface area contributed by atoms with Crippen molar-refractivity contribution in [2.45, 2.75) is 26.2 Å². The fourth-order valence-corrected chi connectivity index (χ4v) is 4.72. The van der Waals surface area contributed by atoms with E-state index in [1.54, 1.807) is 7.11 Å². The molecule has 4 heteroatoms. The zero-order valence-corrected chi connectivity index (χ0v) is 18.7. The molecule has 3 aliphatic rings. The fraction of sp³-hybridized carbons (Fsp3) is 0.462. The highest BCUT2D eigenvalue weighted by Crippen LogP contribution is 2.43. The Bertz CT molecular complexity index is 908. The number of nitrogens with one attached hydrogen (secondary N) is 1. The molecule has 1 unspecified atom stereocenters. The first kappa shape index (κ1) is 21.0. The van der Waals surface area contributed by atoms with Crippen LogP contribution in [0.25, 0.3) is 5.57 Å². The van der Waals surface area contributed by atoms with Gasteiger partial charge in [0, 0.05) is 55.3 Å². The number of rotatable bonds is 7. The minimum atomic E-state index is 0.0772. The number of fused-ring (bicyclic) bond motifs is 1. The highest BCUT2D eigenvalue weighted by atomic mass is 16.5. The molecular weight excluding hydrogens is 370 g/mol. The Balaban J connectivity index is 1.42. The summed E-state index contributed by atoms with van der Waals surface area (Å²) in [5.41, 5.74) is 6.32. The summed E-state index contributed by atoms with van der Waals surface area (Å²) < 4.78 is 7.40. The van der Waals surface area contributed by atoms with Gasteiger partial charge >= 0.3 is 0 Å². The number of aryl methyl sites for hydroxylation is 1. The molecule has 30 heavy (non-hydrogen) atoms. The van der Waals surface area contributed by atoms with Crippen molar-refractivity contribution in [3.63, 3.8) is 0 Å². The lowest BCUT2D eigenvalue weighted by atomic mass is 9.72. The number of hydrogen-bond donors (Lipinski definition) is 1. The van der Waals surface area contributed by atoms with Crippen LogP contribution in [0.3, 0.4) is 0 Å². The second kappa shape index (κ2) is 8.83. The fourth-order valence-electron chi connectivity index (χ4n) is 4.72. The number of aromatic nitrogens is 1. The van der Waals surface area contributed by atoms with Crippen molar-refractivity contribution in [1.82, 2.24) is 14.8 Å². The van der Waals surface area contributed by atoms with Crippen molar-refractivity contribution in [1.29, 1.82) is 0 Å². The Labute approximate surface area is 181 Å². The van der Waals surface area contributed by atoms with E-state index in [1.165, 1.54) is 16.8 Å². The lowest BCUT2D eigenvalue weighted by Crippen LogP contribution is -2.37. The summed E-state index contributed by atoms with van der Waals surface area (Å²) in [6.07, 6.45) is 17.1.